The van der Waals surface area contributed by atoms with E-state index in [1.54, 1.807) is 41.5 Å². The van der Waals surface area contributed by atoms with Gasteiger partial charge in [-0.15, -0.1) is 10.2 Å². The first-order chi connectivity index (χ1) is 19.8. The van der Waals surface area contributed by atoms with Crippen molar-refractivity contribution >= 4 is 22.3 Å². The van der Waals surface area contributed by atoms with Gasteiger partial charge in [-0.05, 0) is 47.9 Å². The van der Waals surface area contributed by atoms with Crippen molar-refractivity contribution in [3.63, 3.8) is 0 Å². The van der Waals surface area contributed by atoms with Crippen LogP contribution < -0.4 is 0 Å². The molecule has 6 aromatic rings. The monoisotopic (exact) mass is 559 g/mol. The topological polar surface area (TPSA) is 119 Å². The molecule has 0 atom stereocenters. The van der Waals surface area contributed by atoms with Gasteiger partial charge in [-0.25, -0.2) is 8.42 Å². The van der Waals surface area contributed by atoms with Gasteiger partial charge in [0.25, 0.3) is 0 Å². The second-order valence-electron chi connectivity index (χ2n) is 9.32. The molecule has 0 N–H and O–H groups in total. The summed E-state index contributed by atoms with van der Waals surface area (Å²) in [5.41, 5.74) is 6.44. The van der Waals surface area contributed by atoms with E-state index in [1.165, 1.54) is 10.9 Å². The fourth-order valence-electron chi connectivity index (χ4n) is 4.41. The zero-order valence-electron chi connectivity index (χ0n) is 21.9. The molecule has 0 amide bonds. The Labute approximate surface area is 236 Å². The zero-order chi connectivity index (χ0) is 28.4. The average molecular weight is 560 g/mol. The van der Waals surface area contributed by atoms with Crippen LogP contribution in [0.2, 0.25) is 0 Å². The molecule has 6 rings (SSSR count). The molecule has 0 aliphatic carbocycles. The summed E-state index contributed by atoms with van der Waals surface area (Å²) in [4.78, 5) is 2.52. The van der Waals surface area contributed by atoms with Crippen molar-refractivity contribution in [1.82, 2.24) is 30.0 Å². The molecule has 0 unspecified atom stereocenters. The van der Waals surface area contributed by atoms with Crippen molar-refractivity contribution in [1.29, 1.82) is 0 Å². The third-order valence-corrected chi connectivity index (χ3v) is 7.44. The molecule has 0 aliphatic rings. The number of hydrogen-bond donors (Lipinski definition) is 0. The van der Waals surface area contributed by atoms with Crippen LogP contribution >= 0.6 is 0 Å². The van der Waals surface area contributed by atoms with Crippen LogP contribution in [0.15, 0.2) is 114 Å². The molecule has 0 spiro atoms. The number of benzene rings is 4. The fraction of sp³-hybridized carbons (Fsp3) is 0.0323. The van der Waals surface area contributed by atoms with Gasteiger partial charge in [-0.3, -0.25) is 0 Å². The maximum atomic E-state index is 12.2. The van der Waals surface area contributed by atoms with Gasteiger partial charge in [-0.2, -0.15) is 19.8 Å². The van der Waals surface area contributed by atoms with E-state index in [1.807, 2.05) is 85.8 Å². The minimum atomic E-state index is -4.78. The summed E-state index contributed by atoms with van der Waals surface area (Å²) >= 11 is 0. The van der Waals surface area contributed by atoms with Gasteiger partial charge in [-0.1, -0.05) is 84.9 Å². The lowest BCUT2D eigenvalue weighted by atomic mass is 10.1. The van der Waals surface area contributed by atoms with Crippen molar-refractivity contribution in [2.45, 2.75) is 11.8 Å². The Morgan fingerprint density at radius 3 is 1.66 bits per heavy atom. The lowest BCUT2D eigenvalue weighted by Crippen LogP contribution is -2.05. The summed E-state index contributed by atoms with van der Waals surface area (Å²) in [6.45, 7) is 1.94. The quantitative estimate of drug-likeness (QED) is 0.185. The lowest BCUT2D eigenvalue weighted by molar-refractivity contribution is 0.463. The Bertz CT molecular complexity index is 1980. The number of hydrogen-bond acceptors (Lipinski definition) is 7. The summed E-state index contributed by atoms with van der Waals surface area (Å²) in [6, 6.07) is 29.5. The Balaban J connectivity index is 1.27. The summed E-state index contributed by atoms with van der Waals surface area (Å²) in [7, 11) is -4.78. The van der Waals surface area contributed by atoms with Crippen LogP contribution in [-0.2, 0) is 10.1 Å². The first-order valence-corrected chi connectivity index (χ1v) is 14.1. The van der Waals surface area contributed by atoms with Crippen LogP contribution in [0.1, 0.15) is 16.7 Å². The van der Waals surface area contributed by atoms with E-state index in [0.717, 1.165) is 33.6 Å². The molecular formula is C31H23N6O3S-. The van der Waals surface area contributed by atoms with Crippen molar-refractivity contribution in [3.05, 3.63) is 126 Å². The highest BCUT2D eigenvalue weighted by molar-refractivity contribution is 7.85. The highest BCUT2D eigenvalue weighted by Gasteiger charge is 2.12. The Kier molecular flexibility index (Phi) is 6.84. The molecule has 4 aromatic carbocycles. The van der Waals surface area contributed by atoms with E-state index in [2.05, 4.69) is 20.4 Å². The van der Waals surface area contributed by atoms with Gasteiger partial charge in [0, 0.05) is 11.1 Å². The van der Waals surface area contributed by atoms with Gasteiger partial charge >= 0.3 is 0 Å². The molecule has 9 nitrogen and oxygen atoms in total. The normalized spacial score (nSPS) is 11.8. The molecule has 2 heterocycles. The molecule has 0 saturated carbocycles. The van der Waals surface area contributed by atoms with E-state index >= 15 is 0 Å². The van der Waals surface area contributed by atoms with E-state index in [0.29, 0.717) is 11.4 Å². The molecule has 41 heavy (non-hydrogen) atoms. The molecule has 0 saturated heterocycles. The summed E-state index contributed by atoms with van der Waals surface area (Å²) in [5, 5.41) is 17.7. The highest BCUT2D eigenvalue weighted by atomic mass is 32.2. The SMILES string of the molecule is Cc1cc(-n2ncc(-c3ccccc3)n2)ccc1C=Cc1ccc(-n2ncc(-c3ccccc3)n2)cc1S(=O)(=O)[O-]. The second-order valence-corrected chi connectivity index (χ2v) is 10.7. The minimum Gasteiger partial charge on any atom is -0.744 e. The lowest BCUT2D eigenvalue weighted by Gasteiger charge is -2.12. The molecule has 0 aliphatic heterocycles. The molecule has 10 heteroatoms. The van der Waals surface area contributed by atoms with Gasteiger partial charge in [0.15, 0.2) is 0 Å². The van der Waals surface area contributed by atoms with Crippen LogP contribution in [0.25, 0.3) is 46.0 Å². The van der Waals surface area contributed by atoms with E-state index < -0.39 is 10.1 Å². The fourth-order valence-corrected chi connectivity index (χ4v) is 5.10. The maximum Gasteiger partial charge on any atom is 0.125 e. The highest BCUT2D eigenvalue weighted by Crippen LogP contribution is 2.24. The minimum absolute atomic E-state index is 0.268. The number of nitrogens with zero attached hydrogens (tertiary/aromatic N) is 6. The first kappa shape index (κ1) is 26.1. The van der Waals surface area contributed by atoms with Crippen LogP contribution in [-0.4, -0.2) is 43.0 Å². The second kappa shape index (κ2) is 10.8. The zero-order valence-corrected chi connectivity index (χ0v) is 22.7. The van der Waals surface area contributed by atoms with Gasteiger partial charge < -0.3 is 4.55 Å². The number of aryl methyl sites for hydroxylation is 1. The molecule has 0 bridgehead atoms. The molecule has 0 radical (unpaired) electrons. The van der Waals surface area contributed by atoms with Crippen LogP contribution in [0.4, 0.5) is 0 Å². The summed E-state index contributed by atoms with van der Waals surface area (Å²) in [5.74, 6) is 0. The number of aromatic nitrogens is 6. The predicted octanol–water partition coefficient (Wildman–Crippen LogP) is 5.56. The smallest absolute Gasteiger partial charge is 0.125 e. The van der Waals surface area contributed by atoms with Crippen molar-refractivity contribution < 1.29 is 13.0 Å². The van der Waals surface area contributed by atoms with E-state index in [-0.39, 0.29) is 10.5 Å². The van der Waals surface area contributed by atoms with Crippen molar-refractivity contribution in [2.24, 2.45) is 0 Å². The number of rotatable bonds is 7. The standard InChI is InChI=1S/C31H24N6O3S/c1-22-18-27(36-32-20-29(34-36)24-8-4-2-5-9-24)16-14-23(22)12-13-26-15-17-28(19-31(26)41(38,39)40)37-33-21-30(35-37)25-10-6-3-7-11-25/h2-21H,1H3,(H,38,39,40)/p-1. The Morgan fingerprint density at radius 2 is 1.15 bits per heavy atom. The third kappa shape index (κ3) is 5.60. The van der Waals surface area contributed by atoms with Crippen molar-refractivity contribution in [3.8, 4) is 33.9 Å². The molecule has 0 fully saturated rings. The largest absolute Gasteiger partial charge is 0.744 e. The molecule has 202 valence electrons. The third-order valence-electron chi connectivity index (χ3n) is 6.55. The van der Waals surface area contributed by atoms with Crippen LogP contribution in [0, 0.1) is 6.92 Å². The summed E-state index contributed by atoms with van der Waals surface area (Å²) < 4.78 is 36.6. The Hall–Kier alpha value is -5.19. The molecule has 2 aromatic heterocycles. The van der Waals surface area contributed by atoms with Gasteiger partial charge in [0.05, 0.1) is 28.7 Å². The van der Waals surface area contributed by atoms with Crippen LogP contribution in [0.3, 0.4) is 0 Å². The summed E-state index contributed by atoms with van der Waals surface area (Å²) in [6.07, 6.45) is 6.69. The van der Waals surface area contributed by atoms with Gasteiger partial charge in [0.2, 0.25) is 0 Å². The molecular weight excluding hydrogens is 536 g/mol. The Morgan fingerprint density at radius 1 is 0.659 bits per heavy atom. The van der Waals surface area contributed by atoms with Gasteiger partial charge in [0.1, 0.15) is 21.5 Å². The van der Waals surface area contributed by atoms with Crippen LogP contribution in [0.5, 0.6) is 0 Å². The van der Waals surface area contributed by atoms with E-state index in [9.17, 15) is 13.0 Å². The predicted molar refractivity (Wildman–Crippen MR) is 155 cm³/mol. The van der Waals surface area contributed by atoms with E-state index in [4.69, 9.17) is 0 Å². The first-order valence-electron chi connectivity index (χ1n) is 12.7. The average Bonchev–Trinajstić information content (AvgIpc) is 3.68. The van der Waals surface area contributed by atoms with Crippen molar-refractivity contribution in [2.75, 3.05) is 0 Å². The maximum absolute atomic E-state index is 12.2.